The maximum Gasteiger partial charge on any atom is 0.312 e. The van der Waals surface area contributed by atoms with E-state index in [9.17, 15) is 4.79 Å². The summed E-state index contributed by atoms with van der Waals surface area (Å²) in [5.74, 6) is 0.824. The summed E-state index contributed by atoms with van der Waals surface area (Å²) in [4.78, 5) is 11.8. The summed E-state index contributed by atoms with van der Waals surface area (Å²) in [5.41, 5.74) is -0.488. The summed E-state index contributed by atoms with van der Waals surface area (Å²) in [6.45, 7) is 13.4. The second-order valence-electron chi connectivity index (χ2n) is 5.74. The molecule has 0 heterocycles. The number of rotatable bonds is 6. The molecule has 0 saturated carbocycles. The minimum Gasteiger partial charge on any atom is -0.469 e. The zero-order valence-electron chi connectivity index (χ0n) is 11.8. The minimum atomic E-state index is -0.488. The zero-order valence-corrected chi connectivity index (χ0v) is 11.8. The third-order valence-electron chi connectivity index (χ3n) is 2.90. The molecular weight excluding hydrogens is 202 g/mol. The first-order chi connectivity index (χ1) is 7.23. The average molecular weight is 229 g/mol. The van der Waals surface area contributed by atoms with Gasteiger partial charge in [-0.1, -0.05) is 27.7 Å². The van der Waals surface area contributed by atoms with Crippen LogP contribution in [0.4, 0.5) is 0 Å². The molecule has 0 aliphatic heterocycles. The molecule has 0 saturated heterocycles. The molecule has 0 aromatic heterocycles. The lowest BCUT2D eigenvalue weighted by Gasteiger charge is -2.36. The van der Waals surface area contributed by atoms with Gasteiger partial charge in [-0.2, -0.15) is 0 Å². The van der Waals surface area contributed by atoms with Crippen molar-refractivity contribution in [3.63, 3.8) is 0 Å². The molecule has 96 valence electrons. The van der Waals surface area contributed by atoms with Gasteiger partial charge in [-0.3, -0.25) is 4.79 Å². The number of ether oxygens (including phenoxy) is 1. The van der Waals surface area contributed by atoms with Crippen LogP contribution in [0.15, 0.2) is 0 Å². The van der Waals surface area contributed by atoms with Crippen molar-refractivity contribution >= 4 is 5.97 Å². The van der Waals surface area contributed by atoms with Gasteiger partial charge < -0.3 is 10.1 Å². The summed E-state index contributed by atoms with van der Waals surface area (Å²) in [7, 11) is 1.45. The lowest BCUT2D eigenvalue weighted by atomic mass is 9.78. The van der Waals surface area contributed by atoms with Gasteiger partial charge in [0.25, 0.3) is 0 Å². The second-order valence-corrected chi connectivity index (χ2v) is 5.74. The van der Waals surface area contributed by atoms with Crippen LogP contribution in [-0.2, 0) is 9.53 Å². The number of methoxy groups -OCH3 is 1. The third-order valence-corrected chi connectivity index (χ3v) is 2.90. The second kappa shape index (κ2) is 6.24. The number of esters is 1. The highest BCUT2D eigenvalue weighted by Crippen LogP contribution is 2.27. The SMILES string of the molecule is COC(=O)C(C)(C)C(NCC(C)C)C(C)C. The fourth-order valence-corrected chi connectivity index (χ4v) is 2.08. The number of hydrogen-bond acceptors (Lipinski definition) is 3. The number of carbonyl (C=O) groups excluding carboxylic acids is 1. The molecule has 16 heavy (non-hydrogen) atoms. The maximum absolute atomic E-state index is 11.8. The molecule has 0 rings (SSSR count). The van der Waals surface area contributed by atoms with Crippen molar-refractivity contribution in [1.29, 1.82) is 0 Å². The Kier molecular flexibility index (Phi) is 6.01. The number of carbonyl (C=O) groups is 1. The van der Waals surface area contributed by atoms with E-state index in [0.717, 1.165) is 6.54 Å². The van der Waals surface area contributed by atoms with Crippen LogP contribution in [-0.4, -0.2) is 25.7 Å². The Hall–Kier alpha value is -0.570. The van der Waals surface area contributed by atoms with Crippen LogP contribution in [0.5, 0.6) is 0 Å². The molecule has 0 amide bonds. The highest BCUT2D eigenvalue weighted by Gasteiger charge is 2.39. The van der Waals surface area contributed by atoms with Gasteiger partial charge in [-0.25, -0.2) is 0 Å². The summed E-state index contributed by atoms with van der Waals surface area (Å²) in [5, 5.41) is 3.47. The standard InChI is InChI=1S/C13H27NO2/c1-9(2)8-14-11(10(3)4)13(5,6)12(15)16-7/h9-11,14H,8H2,1-7H3. The Morgan fingerprint density at radius 1 is 1.25 bits per heavy atom. The van der Waals surface area contributed by atoms with Crippen molar-refractivity contribution in [2.24, 2.45) is 17.3 Å². The van der Waals surface area contributed by atoms with Crippen LogP contribution >= 0.6 is 0 Å². The summed E-state index contributed by atoms with van der Waals surface area (Å²) in [6.07, 6.45) is 0. The Morgan fingerprint density at radius 2 is 1.75 bits per heavy atom. The normalized spacial score (nSPS) is 14.3. The highest BCUT2D eigenvalue weighted by atomic mass is 16.5. The molecule has 0 fully saturated rings. The summed E-state index contributed by atoms with van der Waals surface area (Å²) in [6, 6.07) is 0.141. The van der Waals surface area contributed by atoms with Crippen molar-refractivity contribution in [2.45, 2.75) is 47.6 Å². The van der Waals surface area contributed by atoms with Gasteiger partial charge in [0.15, 0.2) is 0 Å². The molecule has 0 aromatic rings. The smallest absolute Gasteiger partial charge is 0.312 e. The van der Waals surface area contributed by atoms with Crippen LogP contribution in [0.1, 0.15) is 41.5 Å². The first kappa shape index (κ1) is 15.4. The summed E-state index contributed by atoms with van der Waals surface area (Å²) >= 11 is 0. The van der Waals surface area contributed by atoms with E-state index in [-0.39, 0.29) is 12.0 Å². The average Bonchev–Trinajstić information content (AvgIpc) is 2.15. The Bertz CT molecular complexity index is 222. The maximum atomic E-state index is 11.8. The molecule has 0 aromatic carbocycles. The highest BCUT2D eigenvalue weighted by molar-refractivity contribution is 5.76. The lowest BCUT2D eigenvalue weighted by molar-refractivity contribution is -0.153. The molecule has 0 aliphatic rings. The zero-order chi connectivity index (χ0) is 12.9. The van der Waals surface area contributed by atoms with E-state index in [1.165, 1.54) is 7.11 Å². The Morgan fingerprint density at radius 3 is 2.06 bits per heavy atom. The fraction of sp³-hybridized carbons (Fsp3) is 0.923. The van der Waals surface area contributed by atoms with E-state index in [2.05, 4.69) is 33.0 Å². The first-order valence-corrected chi connectivity index (χ1v) is 6.05. The van der Waals surface area contributed by atoms with Crippen LogP contribution in [0.25, 0.3) is 0 Å². The molecular formula is C13H27NO2. The molecule has 1 atom stereocenters. The molecule has 0 aliphatic carbocycles. The topological polar surface area (TPSA) is 38.3 Å². The third kappa shape index (κ3) is 4.12. The van der Waals surface area contributed by atoms with Crippen molar-refractivity contribution in [3.05, 3.63) is 0 Å². The molecule has 1 unspecified atom stereocenters. The Balaban J connectivity index is 4.69. The van der Waals surface area contributed by atoms with Gasteiger partial charge >= 0.3 is 5.97 Å². The van der Waals surface area contributed by atoms with Gasteiger partial charge in [0, 0.05) is 6.04 Å². The monoisotopic (exact) mass is 229 g/mol. The molecule has 3 nitrogen and oxygen atoms in total. The van der Waals surface area contributed by atoms with E-state index >= 15 is 0 Å². The van der Waals surface area contributed by atoms with Crippen LogP contribution < -0.4 is 5.32 Å². The van der Waals surface area contributed by atoms with Crippen molar-refractivity contribution < 1.29 is 9.53 Å². The van der Waals surface area contributed by atoms with Crippen LogP contribution in [0.2, 0.25) is 0 Å². The van der Waals surface area contributed by atoms with Gasteiger partial charge in [0.1, 0.15) is 0 Å². The first-order valence-electron chi connectivity index (χ1n) is 6.05. The van der Waals surface area contributed by atoms with Crippen molar-refractivity contribution in [2.75, 3.05) is 13.7 Å². The van der Waals surface area contributed by atoms with Gasteiger partial charge in [-0.05, 0) is 32.2 Å². The quantitative estimate of drug-likeness (QED) is 0.711. The van der Waals surface area contributed by atoms with Crippen molar-refractivity contribution in [1.82, 2.24) is 5.32 Å². The predicted molar refractivity (Wildman–Crippen MR) is 67.3 cm³/mol. The van der Waals surface area contributed by atoms with Crippen LogP contribution in [0, 0.1) is 17.3 Å². The molecule has 0 bridgehead atoms. The fourth-order valence-electron chi connectivity index (χ4n) is 2.08. The van der Waals surface area contributed by atoms with Crippen LogP contribution in [0.3, 0.4) is 0 Å². The minimum absolute atomic E-state index is 0.141. The van der Waals surface area contributed by atoms with E-state index in [1.54, 1.807) is 0 Å². The summed E-state index contributed by atoms with van der Waals surface area (Å²) < 4.78 is 4.87. The number of hydrogen-bond donors (Lipinski definition) is 1. The molecule has 0 spiro atoms. The Labute approximate surface area is 99.9 Å². The molecule has 0 radical (unpaired) electrons. The van der Waals surface area contributed by atoms with E-state index in [0.29, 0.717) is 11.8 Å². The molecule has 3 heteroatoms. The van der Waals surface area contributed by atoms with Crippen molar-refractivity contribution in [3.8, 4) is 0 Å². The van der Waals surface area contributed by atoms with Gasteiger partial charge in [0.2, 0.25) is 0 Å². The molecule has 1 N–H and O–H groups in total. The lowest BCUT2D eigenvalue weighted by Crippen LogP contribution is -2.51. The van der Waals surface area contributed by atoms with E-state index in [4.69, 9.17) is 4.74 Å². The van der Waals surface area contributed by atoms with E-state index < -0.39 is 5.41 Å². The number of nitrogens with one attached hydrogen (secondary N) is 1. The largest absolute Gasteiger partial charge is 0.469 e. The predicted octanol–water partition coefficient (Wildman–Crippen LogP) is 2.46. The van der Waals surface area contributed by atoms with E-state index in [1.807, 2.05) is 13.8 Å². The van der Waals surface area contributed by atoms with Gasteiger partial charge in [0.05, 0.1) is 12.5 Å². The van der Waals surface area contributed by atoms with Gasteiger partial charge in [-0.15, -0.1) is 0 Å².